The van der Waals surface area contributed by atoms with Gasteiger partial charge in [0.2, 0.25) is 0 Å². The van der Waals surface area contributed by atoms with Gasteiger partial charge in [0.05, 0.1) is 16.6 Å². The minimum absolute atomic E-state index is 0.0207. The second kappa shape index (κ2) is 5.83. The quantitative estimate of drug-likeness (QED) is 0.452. The molecule has 0 saturated heterocycles. The predicted molar refractivity (Wildman–Crippen MR) is 85.8 cm³/mol. The minimum atomic E-state index is -4.60. The summed E-state index contributed by atoms with van der Waals surface area (Å²) in [7, 11) is 0. The maximum absolute atomic E-state index is 13.9. The molecule has 0 aliphatic rings. The van der Waals surface area contributed by atoms with Crippen molar-refractivity contribution in [3.63, 3.8) is 0 Å². The Morgan fingerprint density at radius 3 is 2.37 bits per heavy atom. The first-order chi connectivity index (χ1) is 12.7. The Bertz CT molecular complexity index is 1160. The summed E-state index contributed by atoms with van der Waals surface area (Å²) in [6.07, 6.45) is -4.60. The number of aromatic nitrogens is 2. The van der Waals surface area contributed by atoms with Crippen molar-refractivity contribution in [2.24, 2.45) is 0 Å². The molecule has 0 spiro atoms. The van der Waals surface area contributed by atoms with Gasteiger partial charge in [-0.15, -0.1) is 0 Å². The standard InChI is InChI=1S/C18H9F5N2O2/c19-8-1-2-9(12(20)5-8)15-6-11-14(27-15)4-3-10(17(11)26)13-7-16(25-24-13)18(21,22)23/h1-7,26H,(H,24,25). The number of H-pyrrole nitrogens is 1. The smallest absolute Gasteiger partial charge is 0.432 e. The van der Waals surface area contributed by atoms with Gasteiger partial charge in [-0.25, -0.2) is 8.78 Å². The van der Waals surface area contributed by atoms with Gasteiger partial charge in [-0.3, -0.25) is 5.10 Å². The van der Waals surface area contributed by atoms with Gasteiger partial charge in [0.25, 0.3) is 0 Å². The number of alkyl halides is 3. The Morgan fingerprint density at radius 2 is 1.70 bits per heavy atom. The average Bonchev–Trinajstić information content (AvgIpc) is 3.22. The number of aromatic hydroxyl groups is 1. The molecule has 0 saturated carbocycles. The lowest BCUT2D eigenvalue weighted by Gasteiger charge is -2.02. The molecule has 4 aromatic rings. The summed E-state index contributed by atoms with van der Waals surface area (Å²) in [4.78, 5) is 0. The maximum Gasteiger partial charge on any atom is 0.432 e. The van der Waals surface area contributed by atoms with Crippen LogP contribution >= 0.6 is 0 Å². The highest BCUT2D eigenvalue weighted by Gasteiger charge is 2.33. The molecule has 0 bridgehead atoms. The molecular weight excluding hydrogens is 371 g/mol. The fourth-order valence-corrected chi connectivity index (χ4v) is 2.73. The number of phenols is 1. The monoisotopic (exact) mass is 380 g/mol. The Labute approximate surface area is 147 Å². The number of fused-ring (bicyclic) bond motifs is 1. The Morgan fingerprint density at radius 1 is 0.963 bits per heavy atom. The lowest BCUT2D eigenvalue weighted by Crippen LogP contribution is -2.04. The van der Waals surface area contributed by atoms with E-state index in [4.69, 9.17) is 4.42 Å². The topological polar surface area (TPSA) is 62.0 Å². The predicted octanol–water partition coefficient (Wildman–Crippen LogP) is 5.49. The molecule has 0 amide bonds. The molecule has 2 N–H and O–H groups in total. The molecule has 4 rings (SSSR count). The van der Waals surface area contributed by atoms with E-state index in [0.29, 0.717) is 6.07 Å². The highest BCUT2D eigenvalue weighted by atomic mass is 19.4. The van der Waals surface area contributed by atoms with Crippen LogP contribution in [-0.2, 0) is 6.18 Å². The van der Waals surface area contributed by atoms with Crippen LogP contribution in [0.25, 0.3) is 33.6 Å². The molecule has 2 aromatic carbocycles. The minimum Gasteiger partial charge on any atom is -0.506 e. The number of aromatic amines is 1. The van der Waals surface area contributed by atoms with E-state index in [1.165, 1.54) is 24.3 Å². The highest BCUT2D eigenvalue weighted by molar-refractivity contribution is 5.94. The Hall–Kier alpha value is -3.36. The molecule has 4 nitrogen and oxygen atoms in total. The molecule has 0 atom stereocenters. The maximum atomic E-state index is 13.9. The number of phenolic OH excluding ortho intramolecular Hbond substituents is 1. The summed E-state index contributed by atoms with van der Waals surface area (Å²) in [6, 6.07) is 7.77. The molecule has 0 aliphatic carbocycles. The molecule has 0 unspecified atom stereocenters. The SMILES string of the molecule is Oc1c(-c2cc(C(F)(F)F)[nH]n2)ccc2oc(-c3ccc(F)cc3F)cc12. The van der Waals surface area contributed by atoms with E-state index >= 15 is 0 Å². The number of rotatable bonds is 2. The zero-order chi connectivity index (χ0) is 19.3. The number of hydrogen-bond donors (Lipinski definition) is 2. The van der Waals surface area contributed by atoms with Crippen molar-refractivity contribution in [3.05, 3.63) is 59.8 Å². The van der Waals surface area contributed by atoms with Gasteiger partial charge in [0.1, 0.15) is 34.4 Å². The van der Waals surface area contributed by atoms with Crippen molar-refractivity contribution in [1.29, 1.82) is 0 Å². The summed E-state index contributed by atoms with van der Waals surface area (Å²) in [5.74, 6) is -1.94. The average molecular weight is 380 g/mol. The zero-order valence-electron chi connectivity index (χ0n) is 13.2. The van der Waals surface area contributed by atoms with Gasteiger partial charge in [-0.1, -0.05) is 0 Å². The fourth-order valence-electron chi connectivity index (χ4n) is 2.73. The van der Waals surface area contributed by atoms with Crippen LogP contribution in [0, 0.1) is 11.6 Å². The summed E-state index contributed by atoms with van der Waals surface area (Å²) in [5.41, 5.74) is -0.967. The van der Waals surface area contributed by atoms with Gasteiger partial charge in [-0.2, -0.15) is 18.3 Å². The lowest BCUT2D eigenvalue weighted by atomic mass is 10.1. The third kappa shape index (κ3) is 2.90. The van der Waals surface area contributed by atoms with Crippen LogP contribution in [0.1, 0.15) is 5.69 Å². The van der Waals surface area contributed by atoms with Crippen molar-refractivity contribution in [2.75, 3.05) is 0 Å². The number of hydrogen-bond acceptors (Lipinski definition) is 3. The van der Waals surface area contributed by atoms with E-state index in [2.05, 4.69) is 5.10 Å². The Kier molecular flexibility index (Phi) is 3.69. The second-order valence-corrected chi connectivity index (χ2v) is 5.77. The molecule has 0 fully saturated rings. The van der Waals surface area contributed by atoms with Crippen molar-refractivity contribution in [3.8, 4) is 28.3 Å². The number of nitrogens with zero attached hydrogens (tertiary/aromatic N) is 1. The summed E-state index contributed by atoms with van der Waals surface area (Å²) >= 11 is 0. The van der Waals surface area contributed by atoms with Crippen LogP contribution < -0.4 is 0 Å². The Balaban J connectivity index is 1.82. The highest BCUT2D eigenvalue weighted by Crippen LogP contribution is 2.40. The van der Waals surface area contributed by atoms with E-state index in [9.17, 15) is 27.1 Å². The normalized spacial score (nSPS) is 12.0. The van der Waals surface area contributed by atoms with E-state index in [-0.39, 0.29) is 39.3 Å². The summed E-state index contributed by atoms with van der Waals surface area (Å²) in [5, 5.41) is 16.0. The molecule has 2 heterocycles. The first-order valence-corrected chi connectivity index (χ1v) is 7.58. The van der Waals surface area contributed by atoms with E-state index < -0.39 is 23.5 Å². The van der Waals surface area contributed by atoms with Crippen LogP contribution in [0.4, 0.5) is 22.0 Å². The van der Waals surface area contributed by atoms with Crippen molar-refractivity contribution in [1.82, 2.24) is 10.2 Å². The first-order valence-electron chi connectivity index (χ1n) is 7.58. The third-order valence-electron chi connectivity index (χ3n) is 4.03. The number of benzene rings is 2. The second-order valence-electron chi connectivity index (χ2n) is 5.77. The van der Waals surface area contributed by atoms with Crippen LogP contribution in [0.3, 0.4) is 0 Å². The van der Waals surface area contributed by atoms with Gasteiger partial charge in [0, 0.05) is 11.6 Å². The van der Waals surface area contributed by atoms with Crippen LogP contribution in [0.2, 0.25) is 0 Å². The number of halogens is 5. The van der Waals surface area contributed by atoms with Crippen LogP contribution in [0.5, 0.6) is 5.75 Å². The van der Waals surface area contributed by atoms with Crippen LogP contribution in [-0.4, -0.2) is 15.3 Å². The van der Waals surface area contributed by atoms with Gasteiger partial charge >= 0.3 is 6.18 Å². The molecule has 0 aliphatic heterocycles. The fraction of sp³-hybridized carbons (Fsp3) is 0.0556. The van der Waals surface area contributed by atoms with E-state index in [1.54, 1.807) is 0 Å². The molecular formula is C18H9F5N2O2. The summed E-state index contributed by atoms with van der Waals surface area (Å²) in [6.45, 7) is 0. The molecule has 9 heteroatoms. The largest absolute Gasteiger partial charge is 0.506 e. The molecule has 2 aromatic heterocycles. The van der Waals surface area contributed by atoms with Crippen LogP contribution in [0.15, 0.2) is 46.9 Å². The molecule has 27 heavy (non-hydrogen) atoms. The molecule has 138 valence electrons. The van der Waals surface area contributed by atoms with Gasteiger partial charge < -0.3 is 9.52 Å². The van der Waals surface area contributed by atoms with Gasteiger partial charge in [-0.05, 0) is 36.4 Å². The summed E-state index contributed by atoms with van der Waals surface area (Å²) < 4.78 is 70.6. The number of furan rings is 1. The van der Waals surface area contributed by atoms with Crippen molar-refractivity contribution >= 4 is 11.0 Å². The number of nitrogens with one attached hydrogen (secondary N) is 1. The lowest BCUT2D eigenvalue weighted by molar-refractivity contribution is -0.141. The van der Waals surface area contributed by atoms with Gasteiger partial charge in [0.15, 0.2) is 0 Å². The van der Waals surface area contributed by atoms with Crippen molar-refractivity contribution in [2.45, 2.75) is 6.18 Å². The van der Waals surface area contributed by atoms with E-state index in [0.717, 1.165) is 12.1 Å². The van der Waals surface area contributed by atoms with Crippen molar-refractivity contribution < 1.29 is 31.5 Å². The molecule has 0 radical (unpaired) electrons. The first kappa shape index (κ1) is 17.1. The zero-order valence-corrected chi connectivity index (χ0v) is 13.2. The van der Waals surface area contributed by atoms with E-state index in [1.807, 2.05) is 5.10 Å². The third-order valence-corrected chi connectivity index (χ3v) is 4.03.